The van der Waals surface area contributed by atoms with Gasteiger partial charge in [0.1, 0.15) is 11.9 Å². The molecule has 2 heterocycles. The molecule has 1 aromatic rings. The number of aldehydes is 1. The zero-order valence-corrected chi connectivity index (χ0v) is 34.3. The molecule has 5 rings (SSSR count). The SMILES string of the molecule is CC.CC(C)(C)CC(=O)NCC(=O)N1CCC[C@H]1C(N)=O.CC1(C(=O)C=O)CC1.CC1C(N)=Nc2ccccc21.CCCCC/C=C\[C@@H]1C[C@@H]1C(=O)NC. The van der Waals surface area contributed by atoms with Gasteiger partial charge in [-0.05, 0) is 67.9 Å². The van der Waals surface area contributed by atoms with E-state index >= 15 is 0 Å². The summed E-state index contributed by atoms with van der Waals surface area (Å²) in [6, 6.07) is 7.54. The highest BCUT2D eigenvalue weighted by molar-refractivity contribution is 6.28. The first-order chi connectivity index (χ1) is 25.5. The van der Waals surface area contributed by atoms with Gasteiger partial charge in [0, 0.05) is 37.3 Å². The monoisotopic (exact) mass is 753 g/mol. The van der Waals surface area contributed by atoms with Crippen molar-refractivity contribution in [2.24, 2.45) is 39.1 Å². The third kappa shape index (κ3) is 16.8. The second-order valence-corrected chi connectivity index (χ2v) is 15.6. The van der Waals surface area contributed by atoms with Crippen molar-refractivity contribution in [2.45, 2.75) is 132 Å². The maximum Gasteiger partial charge on any atom is 0.242 e. The molecule has 6 N–H and O–H groups in total. The zero-order chi connectivity index (χ0) is 41.1. The number of amidine groups is 1. The van der Waals surface area contributed by atoms with Crippen molar-refractivity contribution in [1.82, 2.24) is 15.5 Å². The van der Waals surface area contributed by atoms with Gasteiger partial charge in [-0.25, -0.2) is 4.99 Å². The summed E-state index contributed by atoms with van der Waals surface area (Å²) in [5.41, 5.74) is 12.8. The van der Waals surface area contributed by atoms with Gasteiger partial charge < -0.3 is 27.0 Å². The minimum absolute atomic E-state index is 0.0707. The zero-order valence-electron chi connectivity index (χ0n) is 34.3. The molecule has 0 bridgehead atoms. The van der Waals surface area contributed by atoms with Crippen LogP contribution in [-0.2, 0) is 28.8 Å². The lowest BCUT2D eigenvalue weighted by molar-refractivity contribution is -0.137. The molecular weight excluding hydrogens is 684 g/mol. The van der Waals surface area contributed by atoms with Crippen molar-refractivity contribution in [2.75, 3.05) is 20.1 Å². The summed E-state index contributed by atoms with van der Waals surface area (Å²) in [5.74, 6) is 0.896. The Kier molecular flexibility index (Phi) is 20.7. The smallest absolute Gasteiger partial charge is 0.242 e. The van der Waals surface area contributed by atoms with Gasteiger partial charge in [0.2, 0.25) is 29.4 Å². The van der Waals surface area contributed by atoms with E-state index in [1.807, 2.05) is 59.7 Å². The largest absolute Gasteiger partial charge is 0.387 e. The van der Waals surface area contributed by atoms with Gasteiger partial charge in [0.25, 0.3) is 0 Å². The molecule has 0 spiro atoms. The Morgan fingerprint density at radius 1 is 1.07 bits per heavy atom. The van der Waals surface area contributed by atoms with E-state index in [9.17, 15) is 28.8 Å². The molecule has 2 aliphatic heterocycles. The Morgan fingerprint density at radius 3 is 2.24 bits per heavy atom. The van der Waals surface area contributed by atoms with Crippen LogP contribution in [0, 0.1) is 22.7 Å². The maximum atomic E-state index is 11.9. The number of nitrogens with one attached hydrogen (secondary N) is 2. The molecule has 4 atom stereocenters. The quantitative estimate of drug-likeness (QED) is 0.0884. The van der Waals surface area contributed by atoms with Crippen LogP contribution in [0.4, 0.5) is 5.69 Å². The normalized spacial score (nSPS) is 21.1. The predicted octanol–water partition coefficient (Wildman–Crippen LogP) is 5.89. The summed E-state index contributed by atoms with van der Waals surface area (Å²) in [6.07, 6.45) is 14.5. The van der Waals surface area contributed by atoms with Crippen molar-refractivity contribution in [3.63, 3.8) is 0 Å². The number of hydrogen-bond acceptors (Lipinski definition) is 8. The van der Waals surface area contributed by atoms with Crippen LogP contribution in [0.5, 0.6) is 0 Å². The fourth-order valence-corrected chi connectivity index (χ4v) is 5.81. The summed E-state index contributed by atoms with van der Waals surface area (Å²) in [4.78, 5) is 72.0. The topological polar surface area (TPSA) is 194 Å². The number of carbonyl (C=O) groups excluding carboxylic acids is 6. The lowest BCUT2D eigenvalue weighted by Crippen LogP contribution is -2.47. The van der Waals surface area contributed by atoms with Crippen LogP contribution in [0.3, 0.4) is 0 Å². The van der Waals surface area contributed by atoms with Gasteiger partial charge in [0.15, 0.2) is 6.29 Å². The molecule has 302 valence electrons. The first-order valence-corrected chi connectivity index (χ1v) is 19.6. The number of ketones is 1. The summed E-state index contributed by atoms with van der Waals surface area (Å²) in [7, 11) is 1.71. The number of fused-ring (bicyclic) bond motifs is 1. The van der Waals surface area contributed by atoms with Crippen molar-refractivity contribution in [1.29, 1.82) is 0 Å². The molecule has 1 saturated heterocycles. The van der Waals surface area contributed by atoms with Gasteiger partial charge in [-0.3, -0.25) is 28.8 Å². The van der Waals surface area contributed by atoms with Crippen LogP contribution in [-0.4, -0.2) is 72.6 Å². The standard InChI is InChI=1S/C13H23N3O3.C12H21NO.C9H10N2.C6H8O2.C2H6/c1-13(2,3)7-10(17)15-8-11(18)16-6-4-5-9(16)12(14)19;1-3-4-5-6-7-8-10-9-11(10)12(14)13-2;1-6-7-4-2-3-5-8(7)11-9(6)10;1-6(2-3-6)5(8)4-7;1-2/h9H,4-8H2,1-3H3,(H2,14,19)(H,15,17);7-8,10-11H,3-6,9H2,1-2H3,(H,13,14);2-6H,1H3,(H2,10,11);4H,2-3H2,1H3;1-2H3/b;8-7-;;;/t9-;10-,11+;;;/m01.../s1. The van der Waals surface area contributed by atoms with E-state index in [-0.39, 0.29) is 46.8 Å². The number of benzene rings is 1. The molecule has 12 nitrogen and oxygen atoms in total. The highest BCUT2D eigenvalue weighted by Gasteiger charge is 2.44. The minimum Gasteiger partial charge on any atom is -0.387 e. The fourth-order valence-electron chi connectivity index (χ4n) is 5.81. The van der Waals surface area contributed by atoms with E-state index < -0.39 is 11.9 Å². The van der Waals surface area contributed by atoms with Crippen LogP contribution in [0.2, 0.25) is 0 Å². The highest BCUT2D eigenvalue weighted by Crippen LogP contribution is 2.45. The average molecular weight is 753 g/mol. The second kappa shape index (κ2) is 23.4. The third-order valence-corrected chi connectivity index (χ3v) is 9.61. The van der Waals surface area contributed by atoms with Gasteiger partial charge in [-0.15, -0.1) is 0 Å². The first kappa shape index (κ1) is 47.7. The van der Waals surface area contributed by atoms with E-state index in [0.29, 0.717) is 37.5 Å². The van der Waals surface area contributed by atoms with Gasteiger partial charge in [-0.2, -0.15) is 0 Å². The number of likely N-dealkylation sites (tertiary alicyclic amines) is 1. The molecule has 1 unspecified atom stereocenters. The number of carbonyl (C=O) groups is 6. The maximum absolute atomic E-state index is 11.9. The number of aliphatic imine (C=N–C) groups is 1. The fraction of sp³-hybridized carbons (Fsp3) is 0.643. The molecule has 4 aliphatic rings. The molecule has 1 aromatic carbocycles. The Morgan fingerprint density at radius 2 is 1.72 bits per heavy atom. The Labute approximate surface area is 323 Å². The number of Topliss-reactive ketones (excluding diaryl/α,β-unsaturated/α-hetero) is 1. The number of primary amides is 1. The number of allylic oxidation sites excluding steroid dienone is 2. The van der Waals surface area contributed by atoms with Crippen LogP contribution >= 0.6 is 0 Å². The number of hydrogen-bond donors (Lipinski definition) is 4. The van der Waals surface area contributed by atoms with Crippen molar-refractivity contribution in [3.05, 3.63) is 42.0 Å². The van der Waals surface area contributed by atoms with E-state index in [2.05, 4.69) is 47.7 Å². The van der Waals surface area contributed by atoms with Gasteiger partial charge in [0.05, 0.1) is 12.2 Å². The lowest BCUT2D eigenvalue weighted by atomic mass is 9.92. The lowest BCUT2D eigenvalue weighted by Gasteiger charge is -2.23. The van der Waals surface area contributed by atoms with Crippen molar-refractivity contribution < 1.29 is 28.8 Å². The molecule has 12 heteroatoms. The Balaban J connectivity index is 0.000000369. The molecule has 0 aromatic heterocycles. The predicted molar refractivity (Wildman–Crippen MR) is 216 cm³/mol. The van der Waals surface area contributed by atoms with Gasteiger partial charge in [-0.1, -0.05) is 98.6 Å². The van der Waals surface area contributed by atoms with E-state index in [1.54, 1.807) is 7.05 Å². The van der Waals surface area contributed by atoms with E-state index in [0.717, 1.165) is 37.2 Å². The van der Waals surface area contributed by atoms with Crippen molar-refractivity contribution in [3.8, 4) is 0 Å². The second-order valence-electron chi connectivity index (χ2n) is 15.6. The Hall–Kier alpha value is -4.35. The van der Waals surface area contributed by atoms with Crippen LogP contribution in [0.1, 0.15) is 131 Å². The summed E-state index contributed by atoms with van der Waals surface area (Å²) in [5, 5.41) is 5.29. The Bertz CT molecular complexity index is 1460. The third-order valence-electron chi connectivity index (χ3n) is 9.61. The number of amides is 4. The number of para-hydroxylation sites is 1. The van der Waals surface area contributed by atoms with Crippen LogP contribution in [0.15, 0.2) is 41.4 Å². The summed E-state index contributed by atoms with van der Waals surface area (Å²) in [6.45, 7) is 16.4. The number of unbranched alkanes of at least 4 members (excludes halogenated alkanes) is 3. The average Bonchev–Trinajstić information content (AvgIpc) is 4.01. The molecule has 2 aliphatic carbocycles. The van der Waals surface area contributed by atoms with Crippen LogP contribution < -0.4 is 22.1 Å². The molecule has 0 radical (unpaired) electrons. The summed E-state index contributed by atoms with van der Waals surface area (Å²) >= 11 is 0. The minimum atomic E-state index is -0.521. The number of nitrogens with zero attached hydrogens (tertiary/aromatic N) is 2. The van der Waals surface area contributed by atoms with Crippen molar-refractivity contribution >= 4 is 47.2 Å². The van der Waals surface area contributed by atoms with E-state index in [4.69, 9.17) is 11.5 Å². The molecular formula is C42H68N6O6. The summed E-state index contributed by atoms with van der Waals surface area (Å²) < 4.78 is 0. The first-order valence-electron chi connectivity index (χ1n) is 19.6. The number of nitrogens with two attached hydrogens (primary N) is 2. The highest BCUT2D eigenvalue weighted by atomic mass is 16.2. The van der Waals surface area contributed by atoms with Crippen LogP contribution in [0.25, 0.3) is 0 Å². The van der Waals surface area contributed by atoms with E-state index in [1.165, 1.54) is 36.1 Å². The molecule has 3 fully saturated rings. The van der Waals surface area contributed by atoms with Gasteiger partial charge >= 0.3 is 0 Å². The molecule has 54 heavy (non-hydrogen) atoms. The number of rotatable bonds is 12. The molecule has 2 saturated carbocycles. The molecule has 4 amide bonds.